The molecule has 1 fully saturated rings. The minimum Gasteiger partial charge on any atom is -0.384 e. The van der Waals surface area contributed by atoms with Crippen LogP contribution in [0.4, 0.5) is 5.69 Å². The number of para-hydroxylation sites is 1. The van der Waals surface area contributed by atoms with Gasteiger partial charge in [0.2, 0.25) is 0 Å². The predicted molar refractivity (Wildman–Crippen MR) is 86.5 cm³/mol. The number of hydrogen-bond acceptors (Lipinski definition) is 2. The Labute approximate surface area is 122 Å². The van der Waals surface area contributed by atoms with Gasteiger partial charge in [-0.1, -0.05) is 32.9 Å². The number of rotatable bonds is 2. The third kappa shape index (κ3) is 3.33. The molecular weight excluding hydrogens is 246 g/mol. The standard InChI is InChI=1S/C17H27N3/c1-17(2,3)13-7-6-11-20(12-10-13)15-9-5-4-8-14(15)16(18)19/h4-5,8-9,13H,6-7,10-12H2,1-3H3,(H3,18,19). The number of nitrogens with two attached hydrogens (primary N) is 1. The maximum atomic E-state index is 7.74. The van der Waals surface area contributed by atoms with Gasteiger partial charge in [0.1, 0.15) is 5.84 Å². The van der Waals surface area contributed by atoms with Gasteiger partial charge >= 0.3 is 0 Å². The first-order valence-corrected chi connectivity index (χ1v) is 7.58. The average Bonchev–Trinajstić information content (AvgIpc) is 2.63. The molecular formula is C17H27N3. The van der Waals surface area contributed by atoms with Crippen molar-refractivity contribution >= 4 is 11.5 Å². The molecule has 1 aromatic carbocycles. The Kier molecular flexibility index (Phi) is 4.36. The second-order valence-electron chi connectivity index (χ2n) is 6.91. The first-order valence-electron chi connectivity index (χ1n) is 7.58. The summed E-state index contributed by atoms with van der Waals surface area (Å²) in [6, 6.07) is 8.03. The normalized spacial score (nSPS) is 20.6. The largest absolute Gasteiger partial charge is 0.384 e. The highest BCUT2D eigenvalue weighted by Gasteiger charge is 2.27. The molecule has 3 heteroatoms. The van der Waals surface area contributed by atoms with Crippen LogP contribution in [0.2, 0.25) is 0 Å². The minimum absolute atomic E-state index is 0.164. The third-order valence-corrected chi connectivity index (χ3v) is 4.49. The fourth-order valence-electron chi connectivity index (χ4n) is 3.18. The molecule has 0 aliphatic carbocycles. The molecule has 3 nitrogen and oxygen atoms in total. The molecule has 20 heavy (non-hydrogen) atoms. The summed E-state index contributed by atoms with van der Waals surface area (Å²) in [4.78, 5) is 2.41. The Morgan fingerprint density at radius 2 is 1.90 bits per heavy atom. The van der Waals surface area contributed by atoms with Gasteiger partial charge in [0.05, 0.1) is 0 Å². The molecule has 1 unspecified atom stereocenters. The lowest BCUT2D eigenvalue weighted by atomic mass is 9.77. The maximum Gasteiger partial charge on any atom is 0.124 e. The lowest BCUT2D eigenvalue weighted by Crippen LogP contribution is -2.28. The zero-order valence-electron chi connectivity index (χ0n) is 12.9. The maximum absolute atomic E-state index is 7.74. The number of hydrogen-bond donors (Lipinski definition) is 2. The molecule has 1 saturated heterocycles. The van der Waals surface area contributed by atoms with Gasteiger partial charge in [-0.25, -0.2) is 0 Å². The summed E-state index contributed by atoms with van der Waals surface area (Å²) in [7, 11) is 0. The molecule has 0 spiro atoms. The summed E-state index contributed by atoms with van der Waals surface area (Å²) in [6.07, 6.45) is 3.73. The van der Waals surface area contributed by atoms with E-state index in [1.165, 1.54) is 19.3 Å². The van der Waals surface area contributed by atoms with E-state index in [0.29, 0.717) is 5.41 Å². The molecule has 1 aliphatic rings. The van der Waals surface area contributed by atoms with Crippen LogP contribution in [0, 0.1) is 16.7 Å². The van der Waals surface area contributed by atoms with E-state index in [-0.39, 0.29) is 5.84 Å². The third-order valence-electron chi connectivity index (χ3n) is 4.49. The topological polar surface area (TPSA) is 53.1 Å². The van der Waals surface area contributed by atoms with Crippen molar-refractivity contribution in [3.8, 4) is 0 Å². The second-order valence-corrected chi connectivity index (χ2v) is 6.91. The molecule has 1 aromatic rings. The Balaban J connectivity index is 2.17. The van der Waals surface area contributed by atoms with E-state index in [0.717, 1.165) is 30.3 Å². The average molecular weight is 273 g/mol. The summed E-state index contributed by atoms with van der Waals surface area (Å²) < 4.78 is 0. The van der Waals surface area contributed by atoms with Crippen molar-refractivity contribution in [3.63, 3.8) is 0 Å². The SMILES string of the molecule is CC(C)(C)C1CCCN(c2ccccc2C(=N)N)CC1. The van der Waals surface area contributed by atoms with Gasteiger partial charge in [-0.15, -0.1) is 0 Å². The van der Waals surface area contributed by atoms with E-state index in [1.807, 2.05) is 18.2 Å². The van der Waals surface area contributed by atoms with Crippen LogP contribution in [0.25, 0.3) is 0 Å². The van der Waals surface area contributed by atoms with Crippen molar-refractivity contribution < 1.29 is 0 Å². The highest BCUT2D eigenvalue weighted by atomic mass is 15.1. The van der Waals surface area contributed by atoms with Crippen molar-refractivity contribution in [1.82, 2.24) is 0 Å². The predicted octanol–water partition coefficient (Wildman–Crippen LogP) is 3.62. The van der Waals surface area contributed by atoms with Gasteiger partial charge in [0, 0.05) is 24.3 Å². The highest BCUT2D eigenvalue weighted by molar-refractivity contribution is 6.00. The van der Waals surface area contributed by atoms with Crippen molar-refractivity contribution in [3.05, 3.63) is 29.8 Å². The van der Waals surface area contributed by atoms with E-state index in [9.17, 15) is 0 Å². The Bertz CT molecular complexity index is 473. The Morgan fingerprint density at radius 1 is 1.20 bits per heavy atom. The summed E-state index contributed by atoms with van der Waals surface area (Å²) in [6.45, 7) is 9.16. The van der Waals surface area contributed by atoms with Gasteiger partial charge in [-0.2, -0.15) is 0 Å². The van der Waals surface area contributed by atoms with Gasteiger partial charge in [0.25, 0.3) is 0 Å². The Hall–Kier alpha value is -1.51. The zero-order chi connectivity index (χ0) is 14.8. The number of nitrogen functional groups attached to an aromatic ring is 1. The summed E-state index contributed by atoms with van der Waals surface area (Å²) in [5, 5.41) is 7.74. The number of benzene rings is 1. The van der Waals surface area contributed by atoms with E-state index < -0.39 is 0 Å². The summed E-state index contributed by atoms with van der Waals surface area (Å²) in [5.41, 5.74) is 8.08. The fourth-order valence-corrected chi connectivity index (χ4v) is 3.18. The number of amidine groups is 1. The molecule has 0 aromatic heterocycles. The quantitative estimate of drug-likeness (QED) is 0.638. The molecule has 0 radical (unpaired) electrons. The molecule has 3 N–H and O–H groups in total. The number of nitrogens with zero attached hydrogens (tertiary/aromatic N) is 1. The molecule has 110 valence electrons. The first-order chi connectivity index (χ1) is 9.39. The van der Waals surface area contributed by atoms with E-state index in [4.69, 9.17) is 11.1 Å². The molecule has 0 bridgehead atoms. The van der Waals surface area contributed by atoms with E-state index >= 15 is 0 Å². The van der Waals surface area contributed by atoms with Crippen LogP contribution in [0.3, 0.4) is 0 Å². The zero-order valence-corrected chi connectivity index (χ0v) is 12.9. The van der Waals surface area contributed by atoms with E-state index in [1.54, 1.807) is 0 Å². The monoisotopic (exact) mass is 273 g/mol. The van der Waals surface area contributed by atoms with Crippen LogP contribution in [0.1, 0.15) is 45.6 Å². The van der Waals surface area contributed by atoms with Crippen LogP contribution in [0.5, 0.6) is 0 Å². The van der Waals surface area contributed by atoms with Crippen molar-refractivity contribution in [2.24, 2.45) is 17.1 Å². The number of nitrogens with one attached hydrogen (secondary N) is 1. The lowest BCUT2D eigenvalue weighted by molar-refractivity contribution is 0.220. The van der Waals surface area contributed by atoms with Crippen LogP contribution >= 0.6 is 0 Å². The molecule has 2 rings (SSSR count). The molecule has 1 atom stereocenters. The molecule has 1 heterocycles. The van der Waals surface area contributed by atoms with Gasteiger partial charge in [0.15, 0.2) is 0 Å². The smallest absolute Gasteiger partial charge is 0.124 e. The van der Waals surface area contributed by atoms with Crippen LogP contribution in [0.15, 0.2) is 24.3 Å². The molecule has 0 saturated carbocycles. The molecule has 1 aliphatic heterocycles. The van der Waals surface area contributed by atoms with Crippen LogP contribution in [-0.4, -0.2) is 18.9 Å². The second kappa shape index (κ2) is 5.86. The summed E-state index contributed by atoms with van der Waals surface area (Å²) in [5.74, 6) is 0.939. The van der Waals surface area contributed by atoms with Crippen molar-refractivity contribution in [2.45, 2.75) is 40.0 Å². The van der Waals surface area contributed by atoms with Gasteiger partial charge in [-0.05, 0) is 42.7 Å². The lowest BCUT2D eigenvalue weighted by Gasteiger charge is -2.30. The number of anilines is 1. The Morgan fingerprint density at radius 3 is 2.55 bits per heavy atom. The van der Waals surface area contributed by atoms with Gasteiger partial charge in [-0.3, -0.25) is 5.41 Å². The van der Waals surface area contributed by atoms with E-state index in [2.05, 4.69) is 31.7 Å². The van der Waals surface area contributed by atoms with Crippen LogP contribution in [-0.2, 0) is 0 Å². The first kappa shape index (κ1) is 14.9. The van der Waals surface area contributed by atoms with Gasteiger partial charge < -0.3 is 10.6 Å². The van der Waals surface area contributed by atoms with Crippen molar-refractivity contribution in [1.29, 1.82) is 5.41 Å². The summed E-state index contributed by atoms with van der Waals surface area (Å²) >= 11 is 0. The highest BCUT2D eigenvalue weighted by Crippen LogP contribution is 2.35. The van der Waals surface area contributed by atoms with Crippen LogP contribution < -0.4 is 10.6 Å². The molecule has 0 amide bonds. The minimum atomic E-state index is 0.164. The van der Waals surface area contributed by atoms with Crippen molar-refractivity contribution in [2.75, 3.05) is 18.0 Å². The fraction of sp³-hybridized carbons (Fsp3) is 0.588.